The summed E-state index contributed by atoms with van der Waals surface area (Å²) in [6.45, 7) is 8.20. The lowest BCUT2D eigenvalue weighted by atomic mass is 10.2. The lowest BCUT2D eigenvalue weighted by Gasteiger charge is -2.36. The minimum Gasteiger partial charge on any atom is -0.491 e. The number of piperazine rings is 1. The SMILES string of the molecule is CCOC(=N)c1c(N)ncnc1N1CCN(C(=O)Nc2ccc(OC(C)C)cc2)CC1. The number of rotatable bonds is 6. The minimum atomic E-state index is -0.165. The van der Waals surface area contributed by atoms with E-state index in [1.165, 1.54) is 6.33 Å². The van der Waals surface area contributed by atoms with Crippen molar-refractivity contribution in [2.24, 2.45) is 0 Å². The molecule has 0 unspecified atom stereocenters. The Bertz CT molecular complexity index is 910. The monoisotopic (exact) mass is 427 g/mol. The van der Waals surface area contributed by atoms with E-state index in [4.69, 9.17) is 20.6 Å². The fraction of sp³-hybridized carbons (Fsp3) is 0.429. The normalized spacial score (nSPS) is 13.8. The molecule has 0 radical (unpaired) electrons. The van der Waals surface area contributed by atoms with Gasteiger partial charge in [0.15, 0.2) is 0 Å². The number of hydrogen-bond donors (Lipinski definition) is 3. The first-order valence-electron chi connectivity index (χ1n) is 10.3. The zero-order chi connectivity index (χ0) is 22.4. The van der Waals surface area contributed by atoms with E-state index in [2.05, 4.69) is 15.3 Å². The van der Waals surface area contributed by atoms with Gasteiger partial charge in [-0.3, -0.25) is 5.41 Å². The van der Waals surface area contributed by atoms with Gasteiger partial charge in [0.2, 0.25) is 5.90 Å². The Morgan fingerprint density at radius 3 is 2.48 bits per heavy atom. The second-order valence-corrected chi connectivity index (χ2v) is 7.31. The highest BCUT2D eigenvalue weighted by molar-refractivity contribution is 6.01. The average Bonchev–Trinajstić information content (AvgIpc) is 2.75. The molecular formula is C21H29N7O3. The molecule has 1 aliphatic heterocycles. The van der Waals surface area contributed by atoms with Crippen LogP contribution in [-0.4, -0.2) is 65.7 Å². The summed E-state index contributed by atoms with van der Waals surface area (Å²) in [6, 6.07) is 7.15. The van der Waals surface area contributed by atoms with Gasteiger partial charge in [-0.2, -0.15) is 0 Å². The van der Waals surface area contributed by atoms with Crippen LogP contribution in [0.3, 0.4) is 0 Å². The summed E-state index contributed by atoms with van der Waals surface area (Å²) < 4.78 is 10.9. The molecule has 0 aliphatic carbocycles. The number of hydrogen-bond acceptors (Lipinski definition) is 8. The van der Waals surface area contributed by atoms with Crippen molar-refractivity contribution in [3.05, 3.63) is 36.2 Å². The van der Waals surface area contributed by atoms with E-state index in [0.29, 0.717) is 49.9 Å². The predicted molar refractivity (Wildman–Crippen MR) is 120 cm³/mol. The maximum absolute atomic E-state index is 12.7. The van der Waals surface area contributed by atoms with Crippen LogP contribution in [0.5, 0.6) is 5.75 Å². The molecular weight excluding hydrogens is 398 g/mol. The van der Waals surface area contributed by atoms with Crippen molar-refractivity contribution in [2.75, 3.05) is 48.7 Å². The van der Waals surface area contributed by atoms with E-state index in [-0.39, 0.29) is 23.9 Å². The molecule has 1 fully saturated rings. The molecule has 0 atom stereocenters. The quantitative estimate of drug-likeness (QED) is 0.477. The van der Waals surface area contributed by atoms with Crippen molar-refractivity contribution in [3.8, 4) is 5.75 Å². The highest BCUT2D eigenvalue weighted by atomic mass is 16.5. The van der Waals surface area contributed by atoms with Gasteiger partial charge in [-0.25, -0.2) is 14.8 Å². The molecule has 3 rings (SSSR count). The van der Waals surface area contributed by atoms with Crippen LogP contribution >= 0.6 is 0 Å². The molecule has 4 N–H and O–H groups in total. The van der Waals surface area contributed by atoms with E-state index in [1.807, 2.05) is 43.0 Å². The Hall–Kier alpha value is -3.56. The number of carbonyl (C=O) groups excluding carboxylic acids is 1. The third-order valence-electron chi connectivity index (χ3n) is 4.72. The number of urea groups is 1. The lowest BCUT2D eigenvalue weighted by Crippen LogP contribution is -2.50. The molecule has 166 valence electrons. The molecule has 1 aromatic heterocycles. The van der Waals surface area contributed by atoms with Crippen molar-refractivity contribution in [1.82, 2.24) is 14.9 Å². The Labute approximate surface area is 181 Å². The zero-order valence-electron chi connectivity index (χ0n) is 18.1. The van der Waals surface area contributed by atoms with E-state index < -0.39 is 0 Å². The average molecular weight is 428 g/mol. The second-order valence-electron chi connectivity index (χ2n) is 7.31. The van der Waals surface area contributed by atoms with Gasteiger partial charge < -0.3 is 30.3 Å². The Balaban J connectivity index is 1.60. The first kappa shape index (κ1) is 22.1. The maximum Gasteiger partial charge on any atom is 0.321 e. The van der Waals surface area contributed by atoms with Crippen molar-refractivity contribution in [3.63, 3.8) is 0 Å². The second kappa shape index (κ2) is 9.96. The summed E-state index contributed by atoms with van der Waals surface area (Å²) in [7, 11) is 0. The van der Waals surface area contributed by atoms with Crippen LogP contribution in [0.1, 0.15) is 26.3 Å². The van der Waals surface area contributed by atoms with E-state index in [0.717, 1.165) is 5.75 Å². The van der Waals surface area contributed by atoms with Crippen molar-refractivity contribution in [2.45, 2.75) is 26.9 Å². The third-order valence-corrected chi connectivity index (χ3v) is 4.72. The summed E-state index contributed by atoms with van der Waals surface area (Å²) in [5, 5.41) is 11.0. The largest absolute Gasteiger partial charge is 0.491 e. The molecule has 0 spiro atoms. The maximum atomic E-state index is 12.7. The molecule has 1 aromatic carbocycles. The first-order chi connectivity index (χ1) is 14.9. The smallest absolute Gasteiger partial charge is 0.321 e. The van der Waals surface area contributed by atoms with Crippen molar-refractivity contribution in [1.29, 1.82) is 5.41 Å². The van der Waals surface area contributed by atoms with Crippen LogP contribution in [-0.2, 0) is 4.74 Å². The molecule has 31 heavy (non-hydrogen) atoms. The van der Waals surface area contributed by atoms with Gasteiger partial charge in [0.05, 0.1) is 12.7 Å². The van der Waals surface area contributed by atoms with Crippen LogP contribution in [0.15, 0.2) is 30.6 Å². The fourth-order valence-electron chi connectivity index (χ4n) is 3.28. The topological polar surface area (TPSA) is 130 Å². The number of amides is 2. The molecule has 2 heterocycles. The minimum absolute atomic E-state index is 0.0549. The fourth-order valence-corrected chi connectivity index (χ4v) is 3.28. The van der Waals surface area contributed by atoms with Crippen molar-refractivity contribution < 1.29 is 14.3 Å². The molecule has 0 saturated carbocycles. The van der Waals surface area contributed by atoms with Crippen LogP contribution in [0.2, 0.25) is 0 Å². The van der Waals surface area contributed by atoms with E-state index in [9.17, 15) is 4.79 Å². The standard InChI is InChI=1S/C21H29N7O3/c1-4-30-19(23)17-18(22)24-13-25-20(17)27-9-11-28(12-10-27)21(29)26-15-5-7-16(8-6-15)31-14(2)3/h5-8,13-14,23H,4,9-12H2,1-3H3,(H,26,29)(H2,22,24,25). The third kappa shape index (κ3) is 5.53. The van der Waals surface area contributed by atoms with Crippen LogP contribution in [0.4, 0.5) is 22.1 Å². The number of nitrogens with one attached hydrogen (secondary N) is 2. The molecule has 1 saturated heterocycles. The molecule has 2 amide bonds. The van der Waals surface area contributed by atoms with Gasteiger partial charge in [0, 0.05) is 31.9 Å². The first-order valence-corrected chi connectivity index (χ1v) is 10.3. The number of nitrogen functional groups attached to an aromatic ring is 1. The highest BCUT2D eigenvalue weighted by Gasteiger charge is 2.26. The molecule has 2 aromatic rings. The molecule has 10 nitrogen and oxygen atoms in total. The van der Waals surface area contributed by atoms with Gasteiger partial charge in [-0.05, 0) is 45.0 Å². The summed E-state index contributed by atoms with van der Waals surface area (Å²) >= 11 is 0. The lowest BCUT2D eigenvalue weighted by molar-refractivity contribution is 0.208. The van der Waals surface area contributed by atoms with Crippen molar-refractivity contribution >= 4 is 29.3 Å². The number of benzene rings is 1. The number of carbonyl (C=O) groups is 1. The number of nitrogens with zero attached hydrogens (tertiary/aromatic N) is 4. The Morgan fingerprint density at radius 2 is 1.87 bits per heavy atom. The van der Waals surface area contributed by atoms with E-state index >= 15 is 0 Å². The number of anilines is 3. The molecule has 0 bridgehead atoms. The highest BCUT2D eigenvalue weighted by Crippen LogP contribution is 2.24. The van der Waals surface area contributed by atoms with Crippen LogP contribution in [0.25, 0.3) is 0 Å². The van der Waals surface area contributed by atoms with Gasteiger partial charge in [0.25, 0.3) is 0 Å². The Kier molecular flexibility index (Phi) is 7.11. The summed E-state index contributed by atoms with van der Waals surface area (Å²) in [6.07, 6.45) is 1.47. The van der Waals surface area contributed by atoms with Gasteiger partial charge in [-0.1, -0.05) is 0 Å². The van der Waals surface area contributed by atoms with Gasteiger partial charge in [-0.15, -0.1) is 0 Å². The summed E-state index contributed by atoms with van der Waals surface area (Å²) in [5.41, 5.74) is 7.06. The Morgan fingerprint density at radius 1 is 1.19 bits per heavy atom. The summed E-state index contributed by atoms with van der Waals surface area (Å²) in [5.74, 6) is 1.46. The van der Waals surface area contributed by atoms with Crippen LogP contribution in [0, 0.1) is 5.41 Å². The molecule has 10 heteroatoms. The number of nitrogens with two attached hydrogens (primary N) is 1. The zero-order valence-corrected chi connectivity index (χ0v) is 18.1. The van der Waals surface area contributed by atoms with Gasteiger partial charge in [0.1, 0.15) is 29.3 Å². The molecule has 1 aliphatic rings. The number of ether oxygens (including phenoxy) is 2. The predicted octanol–water partition coefficient (Wildman–Crippen LogP) is 2.56. The van der Waals surface area contributed by atoms with Crippen LogP contribution < -0.4 is 20.7 Å². The van der Waals surface area contributed by atoms with Gasteiger partial charge >= 0.3 is 6.03 Å². The summed E-state index contributed by atoms with van der Waals surface area (Å²) in [4.78, 5) is 24.7. The number of aromatic nitrogens is 2. The van der Waals surface area contributed by atoms with E-state index in [1.54, 1.807) is 11.8 Å².